The predicted octanol–water partition coefficient (Wildman–Crippen LogP) is 4.47. The van der Waals surface area contributed by atoms with Crippen molar-refractivity contribution in [3.63, 3.8) is 0 Å². The van der Waals surface area contributed by atoms with Gasteiger partial charge >= 0.3 is 0 Å². The Bertz CT molecular complexity index is 827. The number of aromatic hydroxyl groups is 1. The number of benzene rings is 2. The fraction of sp³-hybridized carbons (Fsp3) is 0.286. The highest BCUT2D eigenvalue weighted by Gasteiger charge is 2.13. The van der Waals surface area contributed by atoms with Crippen LogP contribution >= 0.6 is 0 Å². The van der Waals surface area contributed by atoms with Gasteiger partial charge in [-0.1, -0.05) is 25.1 Å². The summed E-state index contributed by atoms with van der Waals surface area (Å²) in [5.74, 6) is 2.53. The molecule has 0 amide bonds. The first-order chi connectivity index (χ1) is 12.7. The summed E-state index contributed by atoms with van der Waals surface area (Å²) in [7, 11) is 1.65. The number of ether oxygens (including phenoxy) is 1. The average molecular weight is 352 g/mol. The quantitative estimate of drug-likeness (QED) is 0.648. The molecule has 0 aliphatic rings. The van der Waals surface area contributed by atoms with E-state index in [2.05, 4.69) is 16.8 Å². The van der Waals surface area contributed by atoms with E-state index in [0.717, 1.165) is 35.6 Å². The standard InChI is InChI=1S/C21H24N2O3/c1-3-12-23(14-17-6-4-5-7-19(17)24)15-21-22-13-20(26-21)16-8-10-18(25-2)11-9-16/h4-11,13,24H,3,12,14-15H2,1-2H3. The molecular formula is C21H24N2O3. The molecule has 1 N–H and O–H groups in total. The molecule has 136 valence electrons. The molecule has 0 atom stereocenters. The van der Waals surface area contributed by atoms with Crippen LogP contribution in [0.2, 0.25) is 0 Å². The lowest BCUT2D eigenvalue weighted by atomic mass is 10.2. The molecule has 26 heavy (non-hydrogen) atoms. The van der Waals surface area contributed by atoms with Gasteiger partial charge < -0.3 is 14.3 Å². The van der Waals surface area contributed by atoms with Crippen molar-refractivity contribution in [2.75, 3.05) is 13.7 Å². The zero-order valence-electron chi connectivity index (χ0n) is 15.2. The van der Waals surface area contributed by atoms with Gasteiger partial charge in [0.2, 0.25) is 5.89 Å². The Morgan fingerprint density at radius 1 is 1.08 bits per heavy atom. The van der Waals surface area contributed by atoms with Crippen LogP contribution in [-0.4, -0.2) is 28.6 Å². The monoisotopic (exact) mass is 352 g/mol. The van der Waals surface area contributed by atoms with E-state index in [-0.39, 0.29) is 0 Å². The Morgan fingerprint density at radius 2 is 1.85 bits per heavy atom. The van der Waals surface area contributed by atoms with Crippen LogP contribution in [0, 0.1) is 0 Å². The molecule has 0 saturated carbocycles. The summed E-state index contributed by atoms with van der Waals surface area (Å²) in [5.41, 5.74) is 1.87. The molecule has 0 saturated heterocycles. The van der Waals surface area contributed by atoms with Crippen molar-refractivity contribution in [1.29, 1.82) is 0 Å². The normalized spacial score (nSPS) is 11.0. The Labute approximate surface area is 153 Å². The number of methoxy groups -OCH3 is 1. The Balaban J connectivity index is 1.71. The number of phenols is 1. The molecule has 0 fully saturated rings. The van der Waals surface area contributed by atoms with Gasteiger partial charge in [0.05, 0.1) is 19.9 Å². The number of aromatic nitrogens is 1. The molecule has 0 radical (unpaired) electrons. The number of hydrogen-bond donors (Lipinski definition) is 1. The number of para-hydroxylation sites is 1. The molecule has 0 spiro atoms. The predicted molar refractivity (Wildman–Crippen MR) is 101 cm³/mol. The molecule has 0 aliphatic carbocycles. The van der Waals surface area contributed by atoms with Crippen molar-refractivity contribution in [2.45, 2.75) is 26.4 Å². The van der Waals surface area contributed by atoms with E-state index >= 15 is 0 Å². The van der Waals surface area contributed by atoms with Crippen molar-refractivity contribution < 1.29 is 14.3 Å². The van der Waals surface area contributed by atoms with E-state index < -0.39 is 0 Å². The average Bonchev–Trinajstić information content (AvgIpc) is 3.12. The van der Waals surface area contributed by atoms with Gasteiger partial charge in [-0.25, -0.2) is 4.98 Å². The molecule has 3 aromatic rings. The van der Waals surface area contributed by atoms with Crippen LogP contribution in [0.1, 0.15) is 24.8 Å². The van der Waals surface area contributed by atoms with E-state index in [9.17, 15) is 5.11 Å². The van der Waals surface area contributed by atoms with Crippen LogP contribution in [0.5, 0.6) is 11.5 Å². The summed E-state index contributed by atoms with van der Waals surface area (Å²) in [5, 5.41) is 10.0. The highest BCUT2D eigenvalue weighted by molar-refractivity contribution is 5.57. The van der Waals surface area contributed by atoms with Gasteiger partial charge in [0.25, 0.3) is 0 Å². The van der Waals surface area contributed by atoms with Crippen molar-refractivity contribution in [3.05, 3.63) is 66.2 Å². The maximum atomic E-state index is 10.0. The molecule has 0 unspecified atom stereocenters. The number of hydrogen-bond acceptors (Lipinski definition) is 5. The first-order valence-electron chi connectivity index (χ1n) is 8.78. The van der Waals surface area contributed by atoms with Crippen LogP contribution in [0.4, 0.5) is 0 Å². The second-order valence-electron chi connectivity index (χ2n) is 6.19. The van der Waals surface area contributed by atoms with E-state index in [1.807, 2.05) is 42.5 Å². The Morgan fingerprint density at radius 3 is 2.54 bits per heavy atom. The van der Waals surface area contributed by atoms with E-state index in [4.69, 9.17) is 9.15 Å². The molecule has 1 heterocycles. The maximum Gasteiger partial charge on any atom is 0.209 e. The van der Waals surface area contributed by atoms with Crippen molar-refractivity contribution >= 4 is 0 Å². The first-order valence-corrected chi connectivity index (χ1v) is 8.78. The van der Waals surface area contributed by atoms with E-state index in [0.29, 0.717) is 24.7 Å². The minimum Gasteiger partial charge on any atom is -0.508 e. The minimum atomic E-state index is 0.319. The van der Waals surface area contributed by atoms with Crippen molar-refractivity contribution in [1.82, 2.24) is 9.88 Å². The Hall–Kier alpha value is -2.79. The summed E-state index contributed by atoms with van der Waals surface area (Å²) < 4.78 is 11.1. The van der Waals surface area contributed by atoms with Gasteiger partial charge in [-0.15, -0.1) is 0 Å². The highest BCUT2D eigenvalue weighted by atomic mass is 16.5. The molecule has 5 heteroatoms. The fourth-order valence-corrected chi connectivity index (χ4v) is 2.88. The molecule has 0 aliphatic heterocycles. The largest absolute Gasteiger partial charge is 0.508 e. The third kappa shape index (κ3) is 4.43. The number of rotatable bonds is 8. The lowest BCUT2D eigenvalue weighted by Crippen LogP contribution is -2.23. The summed E-state index contributed by atoms with van der Waals surface area (Å²) in [6.07, 6.45) is 2.76. The topological polar surface area (TPSA) is 58.7 Å². The number of nitrogens with zero attached hydrogens (tertiary/aromatic N) is 2. The molecule has 5 nitrogen and oxygen atoms in total. The maximum absolute atomic E-state index is 10.0. The summed E-state index contributed by atoms with van der Waals surface area (Å²) in [4.78, 5) is 6.64. The van der Waals surface area contributed by atoms with Gasteiger partial charge in [-0.05, 0) is 43.3 Å². The van der Waals surface area contributed by atoms with Crippen LogP contribution in [-0.2, 0) is 13.1 Å². The van der Waals surface area contributed by atoms with Gasteiger partial charge in [0.15, 0.2) is 5.76 Å². The van der Waals surface area contributed by atoms with E-state index in [1.165, 1.54) is 0 Å². The van der Waals surface area contributed by atoms with Crippen LogP contribution < -0.4 is 4.74 Å². The summed E-state index contributed by atoms with van der Waals surface area (Å²) >= 11 is 0. The van der Waals surface area contributed by atoms with Gasteiger partial charge in [0.1, 0.15) is 11.5 Å². The lowest BCUT2D eigenvalue weighted by molar-refractivity contribution is 0.229. The zero-order chi connectivity index (χ0) is 18.4. The number of phenolic OH excluding ortho intramolecular Hbond substituents is 1. The summed E-state index contributed by atoms with van der Waals surface area (Å²) in [6, 6.07) is 15.1. The van der Waals surface area contributed by atoms with Gasteiger partial charge in [0, 0.05) is 17.7 Å². The Kier molecular flexibility index (Phi) is 5.92. The molecule has 2 aromatic carbocycles. The lowest BCUT2D eigenvalue weighted by Gasteiger charge is -2.20. The first kappa shape index (κ1) is 18.0. The SMILES string of the molecule is CCCN(Cc1ncc(-c2ccc(OC)cc2)o1)Cc1ccccc1O. The van der Waals surface area contributed by atoms with Crippen LogP contribution in [0.3, 0.4) is 0 Å². The minimum absolute atomic E-state index is 0.319. The fourth-order valence-electron chi connectivity index (χ4n) is 2.88. The van der Waals surface area contributed by atoms with Crippen LogP contribution in [0.25, 0.3) is 11.3 Å². The molecule has 0 bridgehead atoms. The van der Waals surface area contributed by atoms with Crippen molar-refractivity contribution in [3.8, 4) is 22.8 Å². The van der Waals surface area contributed by atoms with E-state index in [1.54, 1.807) is 19.4 Å². The van der Waals surface area contributed by atoms with Gasteiger partial charge in [-0.3, -0.25) is 4.90 Å². The molecular weight excluding hydrogens is 328 g/mol. The van der Waals surface area contributed by atoms with Crippen molar-refractivity contribution in [2.24, 2.45) is 0 Å². The van der Waals surface area contributed by atoms with Gasteiger partial charge in [-0.2, -0.15) is 0 Å². The smallest absolute Gasteiger partial charge is 0.209 e. The second-order valence-corrected chi connectivity index (χ2v) is 6.19. The third-order valence-corrected chi connectivity index (χ3v) is 4.21. The second kappa shape index (κ2) is 8.54. The van der Waals surface area contributed by atoms with Crippen LogP contribution in [0.15, 0.2) is 59.1 Å². The zero-order valence-corrected chi connectivity index (χ0v) is 15.2. The molecule has 3 rings (SSSR count). The number of oxazole rings is 1. The molecule has 1 aromatic heterocycles. The highest BCUT2D eigenvalue weighted by Crippen LogP contribution is 2.24. The third-order valence-electron chi connectivity index (χ3n) is 4.21. The summed E-state index contributed by atoms with van der Waals surface area (Å²) in [6.45, 7) is 4.28.